The van der Waals surface area contributed by atoms with Crippen molar-refractivity contribution in [3.63, 3.8) is 0 Å². The van der Waals surface area contributed by atoms with Crippen molar-refractivity contribution in [1.82, 2.24) is 4.90 Å². The van der Waals surface area contributed by atoms with E-state index in [1.54, 1.807) is 42.5 Å². The van der Waals surface area contributed by atoms with Gasteiger partial charge in [-0.2, -0.15) is 5.10 Å². The van der Waals surface area contributed by atoms with E-state index in [1.807, 2.05) is 0 Å². The Kier molecular flexibility index (Phi) is 5.85. The zero-order valence-corrected chi connectivity index (χ0v) is 16.4. The van der Waals surface area contributed by atoms with Crippen LogP contribution in [0.1, 0.15) is 16.9 Å². The summed E-state index contributed by atoms with van der Waals surface area (Å²) in [5.41, 5.74) is 0.970. The molecule has 4 rings (SSSR count). The number of carbonyl (C=O) groups excluding carboxylic acids is 1. The summed E-state index contributed by atoms with van der Waals surface area (Å²) >= 11 is 1.10. The van der Waals surface area contributed by atoms with Crippen LogP contribution in [0.25, 0.3) is 6.08 Å². The van der Waals surface area contributed by atoms with Crippen LogP contribution in [-0.4, -0.2) is 22.2 Å². The molecule has 150 valence electrons. The van der Waals surface area contributed by atoms with Crippen molar-refractivity contribution in [2.45, 2.75) is 6.54 Å². The molecule has 0 aliphatic carbocycles. The molecule has 1 aliphatic rings. The van der Waals surface area contributed by atoms with E-state index in [1.165, 1.54) is 41.7 Å². The van der Waals surface area contributed by atoms with E-state index in [0.29, 0.717) is 27.0 Å². The number of halogens is 2. The number of carbonyl (C=O) groups is 1. The van der Waals surface area contributed by atoms with E-state index in [9.17, 15) is 13.6 Å². The number of rotatable bonds is 5. The average molecular weight is 423 g/mol. The van der Waals surface area contributed by atoms with Crippen molar-refractivity contribution in [3.05, 3.63) is 100 Å². The predicted octanol–water partition coefficient (Wildman–Crippen LogP) is 5.06. The van der Waals surface area contributed by atoms with Gasteiger partial charge >= 0.3 is 0 Å². The van der Waals surface area contributed by atoms with Gasteiger partial charge in [0.25, 0.3) is 5.91 Å². The lowest BCUT2D eigenvalue weighted by atomic mass is 10.2. The van der Waals surface area contributed by atoms with Crippen LogP contribution >= 0.6 is 11.8 Å². The molecule has 1 aliphatic heterocycles. The number of furan rings is 1. The predicted molar refractivity (Wildman–Crippen MR) is 113 cm³/mol. The maximum Gasteiger partial charge on any atom is 0.267 e. The standard InChI is InChI=1S/C22H15F2N3O2S/c23-17-9-7-15(8-10-17)13-25-26-22-27(14-18-5-3-11-29-18)21(28)20(30-22)12-16-4-1-2-6-19(16)24/h1-13H,14H2/b20-12-,25-13+,26-22-. The largest absolute Gasteiger partial charge is 0.467 e. The van der Waals surface area contributed by atoms with Crippen LogP contribution in [0.5, 0.6) is 0 Å². The Labute approximate surface area is 175 Å². The molecule has 5 nitrogen and oxygen atoms in total. The number of thioether (sulfide) groups is 1. The molecule has 0 radical (unpaired) electrons. The molecule has 2 aromatic carbocycles. The van der Waals surface area contributed by atoms with Crippen LogP contribution in [0.3, 0.4) is 0 Å². The molecule has 0 spiro atoms. The Morgan fingerprint density at radius 3 is 2.57 bits per heavy atom. The maximum atomic E-state index is 14.0. The minimum Gasteiger partial charge on any atom is -0.467 e. The normalized spacial score (nSPS) is 17.0. The number of hydrogen-bond donors (Lipinski definition) is 0. The number of nitrogens with zero attached hydrogens (tertiary/aromatic N) is 3. The molecule has 30 heavy (non-hydrogen) atoms. The molecular weight excluding hydrogens is 408 g/mol. The zero-order valence-electron chi connectivity index (χ0n) is 15.5. The molecule has 0 N–H and O–H groups in total. The van der Waals surface area contributed by atoms with Crippen LogP contribution < -0.4 is 0 Å². The molecule has 1 saturated heterocycles. The van der Waals surface area contributed by atoms with Crippen molar-refractivity contribution in [2.75, 3.05) is 0 Å². The molecule has 2 heterocycles. The van der Waals surface area contributed by atoms with Crippen molar-refractivity contribution < 1.29 is 18.0 Å². The summed E-state index contributed by atoms with van der Waals surface area (Å²) in [4.78, 5) is 14.7. The Morgan fingerprint density at radius 1 is 1.03 bits per heavy atom. The fraction of sp³-hybridized carbons (Fsp3) is 0.0455. The minimum absolute atomic E-state index is 0.165. The molecule has 3 aromatic rings. The Hall–Kier alpha value is -3.52. The van der Waals surface area contributed by atoms with Crippen molar-refractivity contribution >= 4 is 35.1 Å². The molecule has 8 heteroatoms. The van der Waals surface area contributed by atoms with E-state index in [0.717, 1.165) is 11.8 Å². The minimum atomic E-state index is -0.421. The van der Waals surface area contributed by atoms with E-state index < -0.39 is 5.82 Å². The SMILES string of the molecule is O=C1/C(=C/c2ccccc2F)S/C(=N\N=C\c2ccc(F)cc2)N1Cc1ccco1. The average Bonchev–Trinajstić information content (AvgIpc) is 3.35. The number of amidine groups is 1. The second kappa shape index (κ2) is 8.87. The van der Waals surface area contributed by atoms with Gasteiger partial charge in [-0.15, -0.1) is 5.10 Å². The summed E-state index contributed by atoms with van der Waals surface area (Å²) in [6, 6.07) is 15.4. The van der Waals surface area contributed by atoms with Crippen molar-refractivity contribution in [2.24, 2.45) is 10.2 Å². The first-order valence-electron chi connectivity index (χ1n) is 8.95. The van der Waals surface area contributed by atoms with Gasteiger partial charge in [-0.1, -0.05) is 30.3 Å². The van der Waals surface area contributed by atoms with E-state index in [2.05, 4.69) is 10.2 Å². The summed E-state index contributed by atoms with van der Waals surface area (Å²) in [6.45, 7) is 0.165. The van der Waals surface area contributed by atoms with Gasteiger partial charge < -0.3 is 4.42 Å². The molecular formula is C22H15F2N3O2S. The van der Waals surface area contributed by atoms with Crippen LogP contribution in [-0.2, 0) is 11.3 Å². The fourth-order valence-corrected chi connectivity index (χ4v) is 3.63. The van der Waals surface area contributed by atoms with Gasteiger partial charge in [0.15, 0.2) is 5.17 Å². The second-order valence-electron chi connectivity index (χ2n) is 6.28. The van der Waals surface area contributed by atoms with Crippen molar-refractivity contribution in [1.29, 1.82) is 0 Å². The molecule has 0 saturated carbocycles. The Balaban J connectivity index is 1.63. The van der Waals surface area contributed by atoms with E-state index in [4.69, 9.17) is 4.42 Å². The fourth-order valence-electron chi connectivity index (χ4n) is 2.71. The Morgan fingerprint density at radius 2 is 1.83 bits per heavy atom. The van der Waals surface area contributed by atoms with Crippen LogP contribution in [0.15, 0.2) is 86.5 Å². The molecule has 0 bridgehead atoms. The summed E-state index contributed by atoms with van der Waals surface area (Å²) < 4.78 is 32.4. The van der Waals surface area contributed by atoms with E-state index >= 15 is 0 Å². The lowest BCUT2D eigenvalue weighted by Gasteiger charge is -2.12. The van der Waals surface area contributed by atoms with Gasteiger partial charge in [-0.25, -0.2) is 8.78 Å². The first kappa shape index (κ1) is 19.8. The number of amides is 1. The highest BCUT2D eigenvalue weighted by Gasteiger charge is 2.34. The third kappa shape index (κ3) is 4.55. The highest BCUT2D eigenvalue weighted by molar-refractivity contribution is 8.18. The second-order valence-corrected chi connectivity index (χ2v) is 7.29. The monoisotopic (exact) mass is 423 g/mol. The quantitative estimate of drug-likeness (QED) is 0.327. The van der Waals surface area contributed by atoms with Crippen LogP contribution in [0.4, 0.5) is 8.78 Å². The van der Waals surface area contributed by atoms with Crippen LogP contribution in [0, 0.1) is 11.6 Å². The van der Waals surface area contributed by atoms with Gasteiger partial charge in [-0.3, -0.25) is 9.69 Å². The van der Waals surface area contributed by atoms with Crippen molar-refractivity contribution in [3.8, 4) is 0 Å². The molecule has 1 amide bonds. The van der Waals surface area contributed by atoms with E-state index in [-0.39, 0.29) is 18.3 Å². The molecule has 1 aromatic heterocycles. The summed E-state index contributed by atoms with van der Waals surface area (Å²) in [5.74, 6) is -0.514. The maximum absolute atomic E-state index is 14.0. The van der Waals surface area contributed by atoms with Gasteiger partial charge in [0.1, 0.15) is 17.4 Å². The molecule has 0 unspecified atom stereocenters. The lowest BCUT2D eigenvalue weighted by molar-refractivity contribution is -0.122. The van der Waals surface area contributed by atoms with Crippen LogP contribution in [0.2, 0.25) is 0 Å². The first-order chi connectivity index (χ1) is 14.6. The zero-order chi connectivity index (χ0) is 20.9. The highest BCUT2D eigenvalue weighted by atomic mass is 32.2. The number of benzene rings is 2. The third-order valence-electron chi connectivity index (χ3n) is 4.19. The third-order valence-corrected chi connectivity index (χ3v) is 5.19. The van der Waals surface area contributed by atoms with Gasteiger partial charge in [0.2, 0.25) is 0 Å². The smallest absolute Gasteiger partial charge is 0.267 e. The van der Waals surface area contributed by atoms with Gasteiger partial charge in [0.05, 0.1) is 23.9 Å². The summed E-state index contributed by atoms with van der Waals surface area (Å²) in [6.07, 6.45) is 4.47. The molecule has 1 fully saturated rings. The molecule has 0 atom stereocenters. The topological polar surface area (TPSA) is 58.2 Å². The van der Waals surface area contributed by atoms with Gasteiger partial charge in [0, 0.05) is 5.56 Å². The summed E-state index contributed by atoms with van der Waals surface area (Å²) in [7, 11) is 0. The Bertz CT molecular complexity index is 1140. The number of hydrogen-bond acceptors (Lipinski definition) is 5. The highest BCUT2D eigenvalue weighted by Crippen LogP contribution is 2.34. The first-order valence-corrected chi connectivity index (χ1v) is 9.77. The van der Waals surface area contributed by atoms with Gasteiger partial charge in [-0.05, 0) is 53.7 Å². The lowest BCUT2D eigenvalue weighted by Crippen LogP contribution is -2.28. The summed E-state index contributed by atoms with van der Waals surface area (Å²) in [5, 5.41) is 8.50.